The standard InChI is InChI=1S/C9H6Cl2N2O4S/c10-6-2-1-5-3-8(14)13(7(5)4-6)9(15)12-18(11,16)17/h1-2,4H,3H2,(H,12,15). The van der Waals surface area contributed by atoms with Gasteiger partial charge in [-0.25, -0.2) is 14.4 Å². The second-order valence-electron chi connectivity index (χ2n) is 3.52. The Balaban J connectivity index is 2.39. The van der Waals surface area contributed by atoms with Gasteiger partial charge in [-0.1, -0.05) is 17.7 Å². The Kier molecular flexibility index (Phi) is 3.22. The molecular formula is C9H6Cl2N2O4S. The fourth-order valence-corrected chi connectivity index (χ4v) is 2.31. The third-order valence-corrected chi connectivity index (χ3v) is 3.18. The topological polar surface area (TPSA) is 83.6 Å². The molecule has 1 aromatic rings. The Morgan fingerprint density at radius 2 is 2.06 bits per heavy atom. The monoisotopic (exact) mass is 308 g/mol. The molecule has 6 nitrogen and oxygen atoms in total. The molecule has 1 N–H and O–H groups in total. The van der Waals surface area contributed by atoms with Gasteiger partial charge in [0.2, 0.25) is 5.91 Å². The lowest BCUT2D eigenvalue weighted by atomic mass is 10.2. The zero-order valence-corrected chi connectivity index (χ0v) is 11.0. The summed E-state index contributed by atoms with van der Waals surface area (Å²) >= 11 is 5.76. The molecule has 1 aliphatic rings. The molecule has 3 amide bonds. The lowest BCUT2D eigenvalue weighted by Gasteiger charge is -2.14. The molecule has 0 unspecified atom stereocenters. The van der Waals surface area contributed by atoms with E-state index in [-0.39, 0.29) is 12.1 Å². The van der Waals surface area contributed by atoms with Crippen LogP contribution in [0.3, 0.4) is 0 Å². The Hall–Kier alpha value is -1.31. The van der Waals surface area contributed by atoms with Crippen LogP contribution in [0.4, 0.5) is 10.5 Å². The lowest BCUT2D eigenvalue weighted by Crippen LogP contribution is -2.43. The number of fused-ring (bicyclic) bond motifs is 1. The Labute approximate surface area is 112 Å². The number of rotatable bonds is 1. The van der Waals surface area contributed by atoms with Crippen LogP contribution in [0.2, 0.25) is 5.02 Å². The second kappa shape index (κ2) is 4.42. The highest BCUT2D eigenvalue weighted by atomic mass is 35.7. The van der Waals surface area contributed by atoms with Gasteiger partial charge in [-0.15, -0.1) is 0 Å². The minimum absolute atomic E-state index is 0.00224. The van der Waals surface area contributed by atoms with Gasteiger partial charge in [0.25, 0.3) is 0 Å². The van der Waals surface area contributed by atoms with E-state index in [1.165, 1.54) is 10.8 Å². The first-order valence-electron chi connectivity index (χ1n) is 4.65. The molecule has 0 atom stereocenters. The van der Waals surface area contributed by atoms with Crippen LogP contribution in [0, 0.1) is 0 Å². The van der Waals surface area contributed by atoms with E-state index in [9.17, 15) is 18.0 Å². The third kappa shape index (κ3) is 2.58. The van der Waals surface area contributed by atoms with Crippen LogP contribution in [0.1, 0.15) is 5.56 Å². The first kappa shape index (κ1) is 13.1. The van der Waals surface area contributed by atoms with E-state index in [0.717, 1.165) is 0 Å². The van der Waals surface area contributed by atoms with E-state index in [1.54, 1.807) is 12.1 Å². The zero-order chi connectivity index (χ0) is 13.5. The predicted octanol–water partition coefficient (Wildman–Crippen LogP) is 1.42. The van der Waals surface area contributed by atoms with Crippen molar-refractivity contribution in [3.8, 4) is 0 Å². The number of carbonyl (C=O) groups is 2. The highest BCUT2D eigenvalue weighted by molar-refractivity contribution is 8.12. The smallest absolute Gasteiger partial charge is 0.274 e. The van der Waals surface area contributed by atoms with Gasteiger partial charge >= 0.3 is 15.3 Å². The first-order valence-corrected chi connectivity index (χ1v) is 7.34. The Bertz CT molecular complexity index is 644. The summed E-state index contributed by atoms with van der Waals surface area (Å²) in [6.45, 7) is 0. The number of nitrogens with one attached hydrogen (secondary N) is 1. The number of nitrogens with zero attached hydrogens (tertiary/aromatic N) is 1. The number of hydrogen-bond donors (Lipinski definition) is 1. The molecule has 96 valence electrons. The van der Waals surface area contributed by atoms with Crippen molar-refractivity contribution in [1.29, 1.82) is 0 Å². The van der Waals surface area contributed by atoms with Gasteiger partial charge in [-0.3, -0.25) is 4.79 Å². The fourth-order valence-electron chi connectivity index (χ4n) is 1.64. The number of hydrogen-bond acceptors (Lipinski definition) is 4. The van der Waals surface area contributed by atoms with Crippen LogP contribution >= 0.6 is 22.3 Å². The quantitative estimate of drug-likeness (QED) is 0.795. The zero-order valence-electron chi connectivity index (χ0n) is 8.68. The van der Waals surface area contributed by atoms with Gasteiger partial charge in [0.15, 0.2) is 0 Å². The summed E-state index contributed by atoms with van der Waals surface area (Å²) in [6.07, 6.45) is 0.00224. The maximum absolute atomic E-state index is 11.7. The molecule has 0 spiro atoms. The molecule has 0 aliphatic carbocycles. The number of benzene rings is 1. The molecule has 0 fully saturated rings. The molecular weight excluding hydrogens is 303 g/mol. The summed E-state index contributed by atoms with van der Waals surface area (Å²) in [6, 6.07) is 3.45. The fraction of sp³-hybridized carbons (Fsp3) is 0.111. The van der Waals surface area contributed by atoms with Crippen LogP contribution < -0.4 is 9.62 Å². The minimum Gasteiger partial charge on any atom is -0.274 e. The lowest BCUT2D eigenvalue weighted by molar-refractivity contribution is -0.116. The van der Waals surface area contributed by atoms with Crippen molar-refractivity contribution in [1.82, 2.24) is 4.72 Å². The van der Waals surface area contributed by atoms with Crippen molar-refractivity contribution in [2.45, 2.75) is 6.42 Å². The molecule has 2 rings (SSSR count). The predicted molar refractivity (Wildman–Crippen MR) is 65.9 cm³/mol. The highest BCUT2D eigenvalue weighted by Gasteiger charge is 2.34. The van der Waals surface area contributed by atoms with E-state index in [1.807, 2.05) is 0 Å². The number of amides is 3. The van der Waals surface area contributed by atoms with Crippen LogP contribution in [0.25, 0.3) is 0 Å². The maximum Gasteiger partial charge on any atom is 0.343 e. The third-order valence-electron chi connectivity index (χ3n) is 2.29. The van der Waals surface area contributed by atoms with E-state index in [4.69, 9.17) is 22.3 Å². The Morgan fingerprint density at radius 1 is 1.39 bits per heavy atom. The summed E-state index contributed by atoms with van der Waals surface area (Å²) in [5, 5.41) is 0.329. The summed E-state index contributed by atoms with van der Waals surface area (Å²) < 4.78 is 23.0. The molecule has 18 heavy (non-hydrogen) atoms. The summed E-state index contributed by atoms with van der Waals surface area (Å²) in [4.78, 5) is 24.0. The maximum atomic E-state index is 11.7. The molecule has 0 saturated carbocycles. The van der Waals surface area contributed by atoms with Crippen LogP contribution in [0.5, 0.6) is 0 Å². The van der Waals surface area contributed by atoms with E-state index in [2.05, 4.69) is 0 Å². The van der Waals surface area contributed by atoms with Crippen molar-refractivity contribution in [2.75, 3.05) is 4.90 Å². The SMILES string of the molecule is O=C1Cc2ccc(Cl)cc2N1C(=O)NS(=O)(=O)Cl. The van der Waals surface area contributed by atoms with Crippen LogP contribution in [0.15, 0.2) is 18.2 Å². The van der Waals surface area contributed by atoms with Gasteiger partial charge < -0.3 is 0 Å². The number of urea groups is 1. The number of imide groups is 1. The average Bonchev–Trinajstić information content (AvgIpc) is 2.50. The molecule has 1 aromatic carbocycles. The molecule has 1 heterocycles. The highest BCUT2D eigenvalue weighted by Crippen LogP contribution is 2.31. The molecule has 0 saturated heterocycles. The summed E-state index contributed by atoms with van der Waals surface area (Å²) in [7, 11) is 0.638. The van der Waals surface area contributed by atoms with Crippen molar-refractivity contribution >= 4 is 49.1 Å². The largest absolute Gasteiger partial charge is 0.343 e. The van der Waals surface area contributed by atoms with Gasteiger partial charge in [0.05, 0.1) is 12.1 Å². The molecule has 0 bridgehead atoms. The molecule has 9 heteroatoms. The van der Waals surface area contributed by atoms with E-state index < -0.39 is 21.2 Å². The Morgan fingerprint density at radius 3 is 2.67 bits per heavy atom. The van der Waals surface area contributed by atoms with Gasteiger partial charge in [0.1, 0.15) is 0 Å². The van der Waals surface area contributed by atoms with Crippen LogP contribution in [-0.2, 0) is 20.5 Å². The van der Waals surface area contributed by atoms with Gasteiger partial charge in [0, 0.05) is 15.7 Å². The van der Waals surface area contributed by atoms with Crippen molar-refractivity contribution in [3.05, 3.63) is 28.8 Å². The van der Waals surface area contributed by atoms with E-state index >= 15 is 0 Å². The average molecular weight is 309 g/mol. The summed E-state index contributed by atoms with van der Waals surface area (Å²) in [5.74, 6) is -0.551. The number of carbonyl (C=O) groups excluding carboxylic acids is 2. The van der Waals surface area contributed by atoms with Crippen molar-refractivity contribution < 1.29 is 18.0 Å². The first-order chi connectivity index (χ1) is 8.28. The number of anilines is 1. The molecule has 0 aromatic heterocycles. The molecule has 0 radical (unpaired) electrons. The van der Waals surface area contributed by atoms with Crippen LogP contribution in [-0.4, -0.2) is 20.4 Å². The van der Waals surface area contributed by atoms with Gasteiger partial charge in [-0.05, 0) is 17.7 Å². The van der Waals surface area contributed by atoms with Crippen molar-refractivity contribution in [3.63, 3.8) is 0 Å². The normalized spacial score (nSPS) is 14.6. The number of halogens is 2. The second-order valence-corrected chi connectivity index (χ2v) is 6.26. The molecule has 1 aliphatic heterocycles. The van der Waals surface area contributed by atoms with Crippen molar-refractivity contribution in [2.24, 2.45) is 0 Å². The summed E-state index contributed by atoms with van der Waals surface area (Å²) in [5.41, 5.74) is 0.844. The van der Waals surface area contributed by atoms with Gasteiger partial charge in [-0.2, -0.15) is 8.42 Å². The van der Waals surface area contributed by atoms with E-state index in [0.29, 0.717) is 15.5 Å². The minimum atomic E-state index is -4.25.